The lowest BCUT2D eigenvalue weighted by Gasteiger charge is -2.28. The van der Waals surface area contributed by atoms with E-state index in [1.54, 1.807) is 0 Å². The molecule has 4 nitrogen and oxygen atoms in total. The van der Waals surface area contributed by atoms with Crippen LogP contribution in [0.25, 0.3) is 0 Å². The lowest BCUT2D eigenvalue weighted by molar-refractivity contribution is 0.249. The average molecular weight is 253 g/mol. The third-order valence-electron chi connectivity index (χ3n) is 4.00. The number of carbonyl (C=O) groups is 1. The first kappa shape index (κ1) is 15.0. The molecule has 0 unspecified atom stereocenters. The highest BCUT2D eigenvalue weighted by Gasteiger charge is 2.22. The highest BCUT2D eigenvalue weighted by Crippen LogP contribution is 2.32. The Hall–Kier alpha value is -1.06. The van der Waals surface area contributed by atoms with Crippen LogP contribution in [0.5, 0.6) is 0 Å². The van der Waals surface area contributed by atoms with Gasteiger partial charge in [-0.05, 0) is 44.4 Å². The molecule has 1 aliphatic rings. The number of amides is 2. The smallest absolute Gasteiger partial charge is 0.332 e. The summed E-state index contributed by atoms with van der Waals surface area (Å²) in [5.74, 6) is 1.43. The summed E-state index contributed by atoms with van der Waals surface area (Å²) in [7, 11) is 0. The van der Waals surface area contributed by atoms with E-state index in [2.05, 4.69) is 17.5 Å². The Morgan fingerprint density at radius 3 is 2.50 bits per heavy atom. The molecule has 0 bridgehead atoms. The number of urea groups is 1. The molecule has 0 heterocycles. The summed E-state index contributed by atoms with van der Waals surface area (Å²) in [6.45, 7) is 4.24. The number of nitrogens with zero attached hydrogens (tertiary/aromatic N) is 1. The predicted molar refractivity (Wildman–Crippen MR) is 75.4 cm³/mol. The molecule has 18 heavy (non-hydrogen) atoms. The van der Waals surface area contributed by atoms with Crippen molar-refractivity contribution < 1.29 is 4.79 Å². The van der Waals surface area contributed by atoms with Gasteiger partial charge in [0.15, 0.2) is 0 Å². The van der Waals surface area contributed by atoms with E-state index in [4.69, 9.17) is 5.73 Å². The van der Waals surface area contributed by atoms with Gasteiger partial charge in [0.05, 0.1) is 0 Å². The summed E-state index contributed by atoms with van der Waals surface area (Å²) >= 11 is 0. The SMILES string of the molecule is CCCCCC1CCC(/C(C)=N/NC(N)=O)CC1. The number of unbranched alkanes of at least 4 members (excludes halogenated alkanes) is 2. The second-order valence-electron chi connectivity index (χ2n) is 5.44. The van der Waals surface area contributed by atoms with Crippen LogP contribution in [0.15, 0.2) is 5.10 Å². The largest absolute Gasteiger partial charge is 0.350 e. The van der Waals surface area contributed by atoms with Crippen LogP contribution >= 0.6 is 0 Å². The molecule has 0 aromatic carbocycles. The fraction of sp³-hybridized carbons (Fsp3) is 0.857. The van der Waals surface area contributed by atoms with Gasteiger partial charge in [-0.1, -0.05) is 32.6 Å². The molecular weight excluding hydrogens is 226 g/mol. The Labute approximate surface area is 110 Å². The normalized spacial score (nSPS) is 24.9. The number of hydrogen-bond acceptors (Lipinski definition) is 2. The average Bonchev–Trinajstić information content (AvgIpc) is 2.37. The quantitative estimate of drug-likeness (QED) is 0.425. The fourth-order valence-electron chi connectivity index (χ4n) is 2.79. The van der Waals surface area contributed by atoms with Crippen LogP contribution in [0.3, 0.4) is 0 Å². The van der Waals surface area contributed by atoms with Gasteiger partial charge in [0.25, 0.3) is 0 Å². The van der Waals surface area contributed by atoms with E-state index in [1.807, 2.05) is 6.92 Å². The van der Waals surface area contributed by atoms with Crippen molar-refractivity contribution in [3.8, 4) is 0 Å². The monoisotopic (exact) mass is 253 g/mol. The zero-order valence-electron chi connectivity index (χ0n) is 11.7. The van der Waals surface area contributed by atoms with Crippen LogP contribution in [0.4, 0.5) is 4.79 Å². The Morgan fingerprint density at radius 2 is 1.94 bits per heavy atom. The van der Waals surface area contributed by atoms with Gasteiger partial charge in [-0.15, -0.1) is 0 Å². The van der Waals surface area contributed by atoms with Gasteiger partial charge in [-0.2, -0.15) is 5.10 Å². The molecule has 104 valence electrons. The van der Waals surface area contributed by atoms with Crippen LogP contribution in [0.2, 0.25) is 0 Å². The van der Waals surface area contributed by atoms with E-state index in [-0.39, 0.29) is 0 Å². The van der Waals surface area contributed by atoms with Gasteiger partial charge in [-0.25, -0.2) is 10.2 Å². The molecular formula is C14H27N3O. The van der Waals surface area contributed by atoms with E-state index in [1.165, 1.54) is 51.4 Å². The van der Waals surface area contributed by atoms with Gasteiger partial charge in [0, 0.05) is 5.71 Å². The maximum atomic E-state index is 10.6. The van der Waals surface area contributed by atoms with Crippen molar-refractivity contribution in [1.82, 2.24) is 5.43 Å². The molecule has 0 aliphatic heterocycles. The summed E-state index contributed by atoms with van der Waals surface area (Å²) in [5.41, 5.74) is 8.34. The van der Waals surface area contributed by atoms with Crippen molar-refractivity contribution in [1.29, 1.82) is 0 Å². The molecule has 0 radical (unpaired) electrons. The molecule has 4 heteroatoms. The molecule has 0 saturated heterocycles. The molecule has 1 aliphatic carbocycles. The van der Waals surface area contributed by atoms with Gasteiger partial charge < -0.3 is 5.73 Å². The third kappa shape index (κ3) is 5.52. The van der Waals surface area contributed by atoms with E-state index in [9.17, 15) is 4.79 Å². The fourth-order valence-corrected chi connectivity index (χ4v) is 2.79. The Morgan fingerprint density at radius 1 is 1.28 bits per heavy atom. The summed E-state index contributed by atoms with van der Waals surface area (Å²) in [6.07, 6.45) is 10.4. The summed E-state index contributed by atoms with van der Waals surface area (Å²) in [4.78, 5) is 10.6. The summed E-state index contributed by atoms with van der Waals surface area (Å²) < 4.78 is 0. The topological polar surface area (TPSA) is 67.5 Å². The van der Waals surface area contributed by atoms with Gasteiger partial charge in [0.1, 0.15) is 0 Å². The van der Waals surface area contributed by atoms with Crippen molar-refractivity contribution in [2.75, 3.05) is 0 Å². The number of hydrogen-bond donors (Lipinski definition) is 2. The summed E-state index contributed by atoms with van der Waals surface area (Å²) in [6, 6.07) is -0.581. The molecule has 1 fully saturated rings. The Bertz CT molecular complexity index is 281. The molecule has 2 amide bonds. The van der Waals surface area contributed by atoms with Crippen molar-refractivity contribution in [2.24, 2.45) is 22.7 Å². The summed E-state index contributed by atoms with van der Waals surface area (Å²) in [5, 5.41) is 4.04. The van der Waals surface area contributed by atoms with Crippen LogP contribution in [-0.4, -0.2) is 11.7 Å². The zero-order chi connectivity index (χ0) is 13.4. The van der Waals surface area contributed by atoms with Gasteiger partial charge in [0.2, 0.25) is 0 Å². The third-order valence-corrected chi connectivity index (χ3v) is 4.00. The number of primary amides is 1. The second-order valence-corrected chi connectivity index (χ2v) is 5.44. The zero-order valence-corrected chi connectivity index (χ0v) is 11.7. The van der Waals surface area contributed by atoms with E-state index >= 15 is 0 Å². The lowest BCUT2D eigenvalue weighted by atomic mass is 9.78. The maximum Gasteiger partial charge on any atom is 0.332 e. The standard InChI is InChI=1S/C14H27N3O/c1-3-4-5-6-12-7-9-13(10-8-12)11(2)16-17-14(15)18/h12-13H,3-10H2,1-2H3,(H3,15,17,18)/b16-11+. The number of nitrogens with two attached hydrogens (primary N) is 1. The second kappa shape index (κ2) is 8.11. The van der Waals surface area contributed by atoms with E-state index in [0.29, 0.717) is 5.92 Å². The van der Waals surface area contributed by atoms with Crippen molar-refractivity contribution >= 4 is 11.7 Å². The van der Waals surface area contributed by atoms with Crippen molar-refractivity contribution in [3.63, 3.8) is 0 Å². The first-order chi connectivity index (χ1) is 8.63. The Balaban J connectivity index is 2.25. The lowest BCUT2D eigenvalue weighted by Crippen LogP contribution is -2.28. The highest BCUT2D eigenvalue weighted by molar-refractivity contribution is 5.85. The molecule has 0 atom stereocenters. The molecule has 0 spiro atoms. The van der Waals surface area contributed by atoms with Gasteiger partial charge >= 0.3 is 6.03 Å². The van der Waals surface area contributed by atoms with Crippen LogP contribution < -0.4 is 11.2 Å². The molecule has 0 aromatic rings. The van der Waals surface area contributed by atoms with Crippen LogP contribution in [0, 0.1) is 11.8 Å². The Kier molecular flexibility index (Phi) is 6.76. The van der Waals surface area contributed by atoms with E-state index in [0.717, 1.165) is 11.6 Å². The first-order valence-electron chi connectivity index (χ1n) is 7.23. The number of carbonyl (C=O) groups excluding carboxylic acids is 1. The van der Waals surface area contributed by atoms with Crippen LogP contribution in [0.1, 0.15) is 65.2 Å². The van der Waals surface area contributed by atoms with E-state index < -0.39 is 6.03 Å². The highest BCUT2D eigenvalue weighted by atomic mass is 16.2. The number of hydrazone groups is 1. The molecule has 3 N–H and O–H groups in total. The molecule has 1 saturated carbocycles. The van der Waals surface area contributed by atoms with Gasteiger partial charge in [-0.3, -0.25) is 0 Å². The maximum absolute atomic E-state index is 10.6. The molecule has 0 aromatic heterocycles. The predicted octanol–water partition coefficient (Wildman–Crippen LogP) is 3.42. The number of nitrogens with one attached hydrogen (secondary N) is 1. The van der Waals surface area contributed by atoms with Crippen LogP contribution in [-0.2, 0) is 0 Å². The minimum absolute atomic E-state index is 0.527. The number of rotatable bonds is 6. The van der Waals surface area contributed by atoms with Crippen molar-refractivity contribution in [3.05, 3.63) is 0 Å². The minimum Gasteiger partial charge on any atom is -0.350 e. The molecule has 1 rings (SSSR count). The van der Waals surface area contributed by atoms with Crippen molar-refractivity contribution in [2.45, 2.75) is 65.2 Å². The first-order valence-corrected chi connectivity index (χ1v) is 7.23. The minimum atomic E-state index is -0.581.